The van der Waals surface area contributed by atoms with E-state index in [-0.39, 0.29) is 5.75 Å². The van der Waals surface area contributed by atoms with Gasteiger partial charge in [-0.05, 0) is 17.7 Å². The molecule has 0 saturated carbocycles. The van der Waals surface area contributed by atoms with Gasteiger partial charge >= 0.3 is 0 Å². The van der Waals surface area contributed by atoms with Gasteiger partial charge in [-0.3, -0.25) is 4.57 Å². The number of nitrogens with one attached hydrogen (secondary N) is 1. The van der Waals surface area contributed by atoms with Crippen molar-refractivity contribution in [3.05, 3.63) is 42.5 Å². The van der Waals surface area contributed by atoms with E-state index in [1.165, 1.54) is 17.2 Å². The van der Waals surface area contributed by atoms with E-state index >= 15 is 0 Å². The van der Waals surface area contributed by atoms with E-state index in [4.69, 9.17) is 4.74 Å². The molecule has 1 fully saturated rings. The second-order valence-electron chi connectivity index (χ2n) is 6.79. The van der Waals surface area contributed by atoms with Crippen molar-refractivity contribution in [3.8, 4) is 5.75 Å². The molecule has 1 aliphatic heterocycles. The number of hydrogen-bond donors (Lipinski definition) is 6. The number of hydrogen-bond acceptors (Lipinski definition) is 10. The SMILES string of the molecule is OC[C@H]1OC(n2cnc3c(NCc4ccc(O)cc4)ncnc32)[C@H](O)[C@@H](O)[C@@H]1O. The number of rotatable bonds is 5. The third kappa shape index (κ3) is 3.61. The molecule has 0 bridgehead atoms. The van der Waals surface area contributed by atoms with Gasteiger partial charge in [0.1, 0.15) is 36.5 Å². The number of fused-ring (bicyclic) bond motifs is 1. The topological polar surface area (TPSA) is 166 Å². The van der Waals surface area contributed by atoms with Crippen molar-refractivity contribution in [2.24, 2.45) is 0 Å². The van der Waals surface area contributed by atoms with Crippen LogP contribution in [-0.4, -0.2) is 76.1 Å². The van der Waals surface area contributed by atoms with Gasteiger partial charge in [0.05, 0.1) is 12.9 Å². The second kappa shape index (κ2) is 7.89. The number of aliphatic hydroxyl groups excluding tert-OH is 4. The Morgan fingerprint density at radius 1 is 1.00 bits per heavy atom. The summed E-state index contributed by atoms with van der Waals surface area (Å²) in [6.45, 7) is -0.0954. The van der Waals surface area contributed by atoms with Gasteiger partial charge in [-0.15, -0.1) is 0 Å². The molecule has 5 atom stereocenters. The zero-order chi connectivity index (χ0) is 20.5. The molecule has 2 aromatic heterocycles. The normalized spacial score (nSPS) is 27.2. The van der Waals surface area contributed by atoms with E-state index in [0.29, 0.717) is 23.5 Å². The molecule has 1 aliphatic rings. The molecule has 11 heteroatoms. The van der Waals surface area contributed by atoms with Crippen molar-refractivity contribution < 1.29 is 30.3 Å². The first-order valence-electron chi connectivity index (χ1n) is 8.99. The van der Waals surface area contributed by atoms with E-state index < -0.39 is 37.3 Å². The molecule has 3 aromatic rings. The van der Waals surface area contributed by atoms with Crippen molar-refractivity contribution in [3.63, 3.8) is 0 Å². The van der Waals surface area contributed by atoms with Gasteiger partial charge in [0.2, 0.25) is 0 Å². The molecule has 11 nitrogen and oxygen atoms in total. The van der Waals surface area contributed by atoms with E-state index in [1.54, 1.807) is 24.3 Å². The summed E-state index contributed by atoms with van der Waals surface area (Å²) in [5.41, 5.74) is 1.68. The van der Waals surface area contributed by atoms with Crippen molar-refractivity contribution in [2.45, 2.75) is 37.2 Å². The lowest BCUT2D eigenvalue weighted by molar-refractivity contribution is -0.250. The predicted octanol–water partition coefficient (Wildman–Crippen LogP) is -0.884. The maximum atomic E-state index is 10.4. The van der Waals surface area contributed by atoms with E-state index in [9.17, 15) is 25.5 Å². The van der Waals surface area contributed by atoms with E-state index in [1.807, 2.05) is 0 Å². The molecule has 0 spiro atoms. The van der Waals surface area contributed by atoms with Crippen LogP contribution in [0.1, 0.15) is 11.8 Å². The van der Waals surface area contributed by atoms with Crippen LogP contribution in [0.4, 0.5) is 5.82 Å². The molecule has 1 saturated heterocycles. The molecule has 1 unspecified atom stereocenters. The monoisotopic (exact) mass is 403 g/mol. The fraction of sp³-hybridized carbons (Fsp3) is 0.389. The molecule has 4 rings (SSSR count). The summed E-state index contributed by atoms with van der Waals surface area (Å²) in [4.78, 5) is 12.7. The lowest BCUT2D eigenvalue weighted by atomic mass is 9.98. The Bertz CT molecular complexity index is 979. The van der Waals surface area contributed by atoms with Gasteiger partial charge in [-0.1, -0.05) is 12.1 Å². The van der Waals surface area contributed by atoms with Crippen molar-refractivity contribution in [2.75, 3.05) is 11.9 Å². The van der Waals surface area contributed by atoms with Crippen LogP contribution < -0.4 is 5.32 Å². The van der Waals surface area contributed by atoms with Crippen molar-refractivity contribution in [1.82, 2.24) is 19.5 Å². The Hall–Kier alpha value is -2.83. The molecule has 154 valence electrons. The smallest absolute Gasteiger partial charge is 0.167 e. The molecule has 1 aromatic carbocycles. The third-order valence-electron chi connectivity index (χ3n) is 4.90. The molecular weight excluding hydrogens is 382 g/mol. The highest BCUT2D eigenvalue weighted by atomic mass is 16.6. The van der Waals surface area contributed by atoms with Crippen molar-refractivity contribution >= 4 is 17.0 Å². The third-order valence-corrected chi connectivity index (χ3v) is 4.90. The maximum absolute atomic E-state index is 10.4. The van der Waals surface area contributed by atoms with Gasteiger partial charge in [0, 0.05) is 6.54 Å². The zero-order valence-electron chi connectivity index (χ0n) is 15.2. The summed E-state index contributed by atoms with van der Waals surface area (Å²) < 4.78 is 6.99. The van der Waals surface area contributed by atoms with Gasteiger partial charge in [-0.2, -0.15) is 0 Å². The average Bonchev–Trinajstić information content (AvgIpc) is 3.16. The summed E-state index contributed by atoms with van der Waals surface area (Å²) in [5, 5.41) is 52.2. The number of anilines is 1. The quantitative estimate of drug-likeness (QED) is 0.315. The molecule has 0 aliphatic carbocycles. The lowest BCUT2D eigenvalue weighted by Crippen LogP contribution is -2.56. The van der Waals surface area contributed by atoms with Crippen LogP contribution in [-0.2, 0) is 11.3 Å². The lowest BCUT2D eigenvalue weighted by Gasteiger charge is -2.40. The first-order chi connectivity index (χ1) is 14.0. The molecule has 0 amide bonds. The Balaban J connectivity index is 1.61. The Labute approximate surface area is 164 Å². The summed E-state index contributed by atoms with van der Waals surface area (Å²) >= 11 is 0. The van der Waals surface area contributed by atoms with Gasteiger partial charge < -0.3 is 35.6 Å². The predicted molar refractivity (Wildman–Crippen MR) is 99.8 cm³/mol. The number of aromatic nitrogens is 4. The fourth-order valence-electron chi connectivity index (χ4n) is 3.28. The van der Waals surface area contributed by atoms with Crippen LogP contribution in [0.15, 0.2) is 36.9 Å². The average molecular weight is 403 g/mol. The number of phenols is 1. The Morgan fingerprint density at radius 3 is 2.48 bits per heavy atom. The van der Waals surface area contributed by atoms with Gasteiger partial charge in [0.25, 0.3) is 0 Å². The molecule has 29 heavy (non-hydrogen) atoms. The number of benzene rings is 1. The van der Waals surface area contributed by atoms with Crippen LogP contribution in [0.2, 0.25) is 0 Å². The first-order valence-corrected chi connectivity index (χ1v) is 8.99. The Morgan fingerprint density at radius 2 is 1.76 bits per heavy atom. The minimum atomic E-state index is -1.50. The van der Waals surface area contributed by atoms with Gasteiger partial charge in [-0.25, -0.2) is 15.0 Å². The summed E-state index contributed by atoms with van der Waals surface area (Å²) in [6.07, 6.45) is -3.83. The largest absolute Gasteiger partial charge is 0.508 e. The van der Waals surface area contributed by atoms with Crippen molar-refractivity contribution in [1.29, 1.82) is 0 Å². The van der Waals surface area contributed by atoms with Gasteiger partial charge in [0.15, 0.2) is 23.2 Å². The molecule has 0 radical (unpaired) electrons. The summed E-state index contributed by atoms with van der Waals surface area (Å²) in [7, 11) is 0. The zero-order valence-corrected chi connectivity index (χ0v) is 15.2. The highest BCUT2D eigenvalue weighted by Gasteiger charge is 2.44. The summed E-state index contributed by atoms with van der Waals surface area (Å²) in [5.74, 6) is 0.628. The molecule has 6 N–H and O–H groups in total. The van der Waals surface area contributed by atoms with Crippen LogP contribution in [0, 0.1) is 0 Å². The second-order valence-corrected chi connectivity index (χ2v) is 6.79. The number of phenolic OH excluding ortho intramolecular Hbond substituents is 1. The summed E-state index contributed by atoms with van der Waals surface area (Å²) in [6, 6.07) is 6.71. The van der Waals surface area contributed by atoms with Crippen LogP contribution in [0.25, 0.3) is 11.2 Å². The Kier molecular flexibility index (Phi) is 5.30. The number of aliphatic hydroxyl groups is 4. The standard InChI is InChI=1S/C18H21N5O6/c24-6-11-13(26)14(27)15(28)18(29-11)23-8-22-12-16(20-7-21-17(12)23)19-5-9-1-3-10(25)4-2-9/h1-4,7-8,11,13-15,18,24-28H,5-6H2,(H,19,20,21)/t11-,13-,14+,15-,18?/m1/s1. The van der Waals surface area contributed by atoms with E-state index in [2.05, 4.69) is 20.3 Å². The van der Waals surface area contributed by atoms with E-state index in [0.717, 1.165) is 5.56 Å². The van der Waals surface area contributed by atoms with Crippen LogP contribution >= 0.6 is 0 Å². The number of ether oxygens (including phenoxy) is 1. The highest BCUT2D eigenvalue weighted by Crippen LogP contribution is 2.31. The number of aromatic hydroxyl groups is 1. The molecule has 3 heterocycles. The minimum Gasteiger partial charge on any atom is -0.508 e. The minimum absolute atomic E-state index is 0.177. The maximum Gasteiger partial charge on any atom is 0.167 e. The number of nitrogens with zero attached hydrogens (tertiary/aromatic N) is 4. The fourth-order valence-corrected chi connectivity index (χ4v) is 3.28. The molecular formula is C18H21N5O6. The first kappa shape index (κ1) is 19.5. The highest BCUT2D eigenvalue weighted by molar-refractivity contribution is 5.82. The van der Waals surface area contributed by atoms with Crippen LogP contribution in [0.3, 0.4) is 0 Å². The number of imidazole rings is 1. The van der Waals surface area contributed by atoms with Crippen LogP contribution in [0.5, 0.6) is 5.75 Å².